The monoisotopic (exact) mass is 265 g/mol. The average Bonchev–Trinajstić information content (AvgIpc) is 2.73. The van der Waals surface area contributed by atoms with E-state index in [9.17, 15) is 0 Å². The summed E-state index contributed by atoms with van der Waals surface area (Å²) in [6.45, 7) is 4.01. The van der Waals surface area contributed by atoms with Gasteiger partial charge in [-0.3, -0.25) is 4.98 Å². The fraction of sp³-hybridized carbons (Fsp3) is 0.333. The zero-order chi connectivity index (χ0) is 12.3. The Bertz CT molecular complexity index is 468. The molecular formula is C12H15N3S2. The van der Waals surface area contributed by atoms with Crippen LogP contribution >= 0.6 is 23.1 Å². The third-order valence-electron chi connectivity index (χ3n) is 2.28. The summed E-state index contributed by atoms with van der Waals surface area (Å²) in [5.74, 6) is 0. The molecule has 2 rings (SSSR count). The molecule has 2 unspecified atom stereocenters. The van der Waals surface area contributed by atoms with E-state index in [-0.39, 0.29) is 11.3 Å². The molecular weight excluding hydrogens is 250 g/mol. The largest absolute Gasteiger partial charge is 0.327 e. The van der Waals surface area contributed by atoms with Crippen LogP contribution in [0.25, 0.3) is 0 Å². The lowest BCUT2D eigenvalue weighted by Gasteiger charge is -2.18. The molecule has 90 valence electrons. The molecule has 0 aliphatic heterocycles. The van der Waals surface area contributed by atoms with Gasteiger partial charge in [-0.15, -0.1) is 11.3 Å². The molecule has 2 aromatic rings. The Morgan fingerprint density at radius 2 is 2.24 bits per heavy atom. The van der Waals surface area contributed by atoms with E-state index >= 15 is 0 Å². The Kier molecular flexibility index (Phi) is 4.15. The number of hydrogen-bond donors (Lipinski definition) is 1. The van der Waals surface area contributed by atoms with Crippen LogP contribution in [0.5, 0.6) is 0 Å². The molecule has 0 aliphatic carbocycles. The first kappa shape index (κ1) is 12.5. The molecule has 3 nitrogen and oxygen atoms in total. The standard InChI is InChI=1S/C12H15N3S2/c1-8-7-16-12(15-8)17-11(9(2)13)10-5-3-4-6-14-10/h3-7,9,11H,13H2,1-2H3. The van der Waals surface area contributed by atoms with Crippen molar-refractivity contribution < 1.29 is 0 Å². The van der Waals surface area contributed by atoms with Gasteiger partial charge in [-0.2, -0.15) is 0 Å². The van der Waals surface area contributed by atoms with Gasteiger partial charge >= 0.3 is 0 Å². The van der Waals surface area contributed by atoms with Crippen LogP contribution < -0.4 is 5.73 Å². The minimum Gasteiger partial charge on any atom is -0.327 e. The van der Waals surface area contributed by atoms with Gasteiger partial charge in [0, 0.05) is 23.3 Å². The minimum atomic E-state index is 0.0408. The number of aromatic nitrogens is 2. The van der Waals surface area contributed by atoms with Gasteiger partial charge in [0.15, 0.2) is 4.34 Å². The molecule has 0 bridgehead atoms. The number of hydrogen-bond acceptors (Lipinski definition) is 5. The fourth-order valence-corrected chi connectivity index (χ4v) is 3.56. The summed E-state index contributed by atoms with van der Waals surface area (Å²) in [6.07, 6.45) is 1.80. The first-order chi connectivity index (χ1) is 8.16. The molecule has 2 aromatic heterocycles. The van der Waals surface area contributed by atoms with E-state index in [4.69, 9.17) is 5.73 Å². The molecule has 2 N–H and O–H groups in total. The number of rotatable bonds is 4. The highest BCUT2D eigenvalue weighted by Crippen LogP contribution is 2.37. The van der Waals surface area contributed by atoms with E-state index in [1.54, 1.807) is 29.3 Å². The molecule has 2 atom stereocenters. The predicted molar refractivity (Wildman–Crippen MR) is 73.3 cm³/mol. The summed E-state index contributed by atoms with van der Waals surface area (Å²) in [4.78, 5) is 8.84. The molecule has 17 heavy (non-hydrogen) atoms. The van der Waals surface area contributed by atoms with Gasteiger partial charge in [0.25, 0.3) is 0 Å². The number of aryl methyl sites for hydroxylation is 1. The lowest BCUT2D eigenvalue weighted by molar-refractivity contribution is 0.705. The molecule has 0 spiro atoms. The van der Waals surface area contributed by atoms with Crippen LogP contribution in [0.2, 0.25) is 0 Å². The normalized spacial score (nSPS) is 14.5. The minimum absolute atomic E-state index is 0.0408. The lowest BCUT2D eigenvalue weighted by atomic mass is 10.2. The molecule has 0 fully saturated rings. The van der Waals surface area contributed by atoms with Crippen molar-refractivity contribution in [3.63, 3.8) is 0 Å². The summed E-state index contributed by atoms with van der Waals surface area (Å²) < 4.78 is 1.05. The highest BCUT2D eigenvalue weighted by molar-refractivity contribution is 8.01. The van der Waals surface area contributed by atoms with Crippen LogP contribution in [-0.4, -0.2) is 16.0 Å². The fourth-order valence-electron chi connectivity index (χ4n) is 1.48. The van der Waals surface area contributed by atoms with Crippen molar-refractivity contribution in [3.8, 4) is 0 Å². The topological polar surface area (TPSA) is 51.8 Å². The van der Waals surface area contributed by atoms with Gasteiger partial charge in [0.2, 0.25) is 0 Å². The quantitative estimate of drug-likeness (QED) is 0.863. The SMILES string of the molecule is Cc1csc(SC(c2ccccn2)C(C)N)n1. The van der Waals surface area contributed by atoms with Crippen molar-refractivity contribution >= 4 is 23.1 Å². The molecule has 0 amide bonds. The number of thiazole rings is 1. The predicted octanol–water partition coefficient (Wildman–Crippen LogP) is 3.03. The third-order valence-corrected chi connectivity index (χ3v) is 4.83. The second-order valence-electron chi connectivity index (χ2n) is 3.91. The van der Waals surface area contributed by atoms with Crippen molar-refractivity contribution in [3.05, 3.63) is 41.2 Å². The summed E-state index contributed by atoms with van der Waals surface area (Å²) in [6, 6.07) is 5.96. The Hall–Kier alpha value is -0.910. The van der Waals surface area contributed by atoms with Gasteiger partial charge in [-0.25, -0.2) is 4.98 Å². The number of pyridine rings is 1. The lowest BCUT2D eigenvalue weighted by Crippen LogP contribution is -2.23. The van der Waals surface area contributed by atoms with Crippen molar-refractivity contribution in [2.75, 3.05) is 0 Å². The first-order valence-electron chi connectivity index (χ1n) is 5.42. The van der Waals surface area contributed by atoms with E-state index in [1.165, 1.54) is 0 Å². The van der Waals surface area contributed by atoms with E-state index in [0.29, 0.717) is 0 Å². The number of nitrogens with two attached hydrogens (primary N) is 1. The maximum Gasteiger partial charge on any atom is 0.150 e. The van der Waals surface area contributed by atoms with Crippen LogP contribution in [-0.2, 0) is 0 Å². The number of thioether (sulfide) groups is 1. The summed E-state index contributed by atoms with van der Waals surface area (Å²) in [7, 11) is 0. The van der Waals surface area contributed by atoms with Gasteiger partial charge in [-0.1, -0.05) is 17.8 Å². The van der Waals surface area contributed by atoms with Crippen LogP contribution in [0, 0.1) is 6.92 Å². The molecule has 5 heteroatoms. The molecule has 0 aromatic carbocycles. The maximum absolute atomic E-state index is 6.04. The molecule has 0 radical (unpaired) electrons. The highest BCUT2D eigenvalue weighted by atomic mass is 32.2. The van der Waals surface area contributed by atoms with Gasteiger partial charge < -0.3 is 5.73 Å². The van der Waals surface area contributed by atoms with Crippen LogP contribution in [0.15, 0.2) is 34.1 Å². The highest BCUT2D eigenvalue weighted by Gasteiger charge is 2.20. The van der Waals surface area contributed by atoms with Crippen molar-refractivity contribution in [2.24, 2.45) is 5.73 Å². The summed E-state index contributed by atoms with van der Waals surface area (Å²) in [5.41, 5.74) is 8.11. The number of nitrogens with zero attached hydrogens (tertiary/aromatic N) is 2. The van der Waals surface area contributed by atoms with E-state index in [2.05, 4.69) is 15.3 Å². The molecule has 0 saturated carbocycles. The zero-order valence-electron chi connectivity index (χ0n) is 9.83. The summed E-state index contributed by atoms with van der Waals surface area (Å²) in [5, 5.41) is 2.21. The second-order valence-corrected chi connectivity index (χ2v) is 6.15. The van der Waals surface area contributed by atoms with E-state index in [0.717, 1.165) is 15.7 Å². The van der Waals surface area contributed by atoms with Gasteiger partial charge in [-0.05, 0) is 26.0 Å². The van der Waals surface area contributed by atoms with Crippen molar-refractivity contribution in [2.45, 2.75) is 29.5 Å². The Labute approximate surface area is 109 Å². The Balaban J connectivity index is 2.19. The Morgan fingerprint density at radius 1 is 1.41 bits per heavy atom. The van der Waals surface area contributed by atoms with Crippen molar-refractivity contribution in [1.82, 2.24) is 9.97 Å². The van der Waals surface area contributed by atoms with E-state index < -0.39 is 0 Å². The molecule has 0 aliphatic rings. The maximum atomic E-state index is 6.04. The van der Waals surface area contributed by atoms with E-state index in [1.807, 2.05) is 32.0 Å². The van der Waals surface area contributed by atoms with Gasteiger partial charge in [0.05, 0.1) is 10.9 Å². The van der Waals surface area contributed by atoms with Crippen LogP contribution in [0.3, 0.4) is 0 Å². The average molecular weight is 265 g/mol. The smallest absolute Gasteiger partial charge is 0.150 e. The molecule has 0 saturated heterocycles. The van der Waals surface area contributed by atoms with Crippen LogP contribution in [0.1, 0.15) is 23.6 Å². The second kappa shape index (κ2) is 5.62. The third kappa shape index (κ3) is 3.28. The van der Waals surface area contributed by atoms with Crippen molar-refractivity contribution in [1.29, 1.82) is 0 Å². The summed E-state index contributed by atoms with van der Waals surface area (Å²) >= 11 is 3.35. The Morgan fingerprint density at radius 3 is 2.76 bits per heavy atom. The van der Waals surface area contributed by atoms with Crippen LogP contribution in [0.4, 0.5) is 0 Å². The zero-order valence-corrected chi connectivity index (χ0v) is 11.5. The first-order valence-corrected chi connectivity index (χ1v) is 7.18. The molecule has 2 heterocycles. The van der Waals surface area contributed by atoms with Gasteiger partial charge in [0.1, 0.15) is 0 Å².